The van der Waals surface area contributed by atoms with Crippen LogP contribution in [0.5, 0.6) is 0 Å². The summed E-state index contributed by atoms with van der Waals surface area (Å²) < 4.78 is 0. The maximum Gasteiger partial charge on any atom is 0.139 e. The van der Waals surface area contributed by atoms with E-state index in [-0.39, 0.29) is 0 Å². The molecule has 0 aromatic heterocycles. The first-order valence-corrected chi connectivity index (χ1v) is 3.87. The van der Waals surface area contributed by atoms with Crippen molar-refractivity contribution in [2.24, 2.45) is 0 Å². The molecule has 3 heteroatoms. The summed E-state index contributed by atoms with van der Waals surface area (Å²) in [6, 6.07) is 0. The second kappa shape index (κ2) is 7.28. The van der Waals surface area contributed by atoms with Gasteiger partial charge in [-0.1, -0.05) is 13.5 Å². The molecule has 2 N–H and O–H groups in total. The van der Waals surface area contributed by atoms with Crippen molar-refractivity contribution in [3.63, 3.8) is 0 Å². The lowest BCUT2D eigenvalue weighted by atomic mass is 10.4. The molecule has 0 atom stereocenters. The van der Waals surface area contributed by atoms with Gasteiger partial charge in [0, 0.05) is 12.2 Å². The Labute approximate surface area is 67.9 Å². The van der Waals surface area contributed by atoms with E-state index in [0.29, 0.717) is 6.54 Å². The second-order valence-electron chi connectivity index (χ2n) is 2.33. The molecule has 0 aliphatic heterocycles. The van der Waals surface area contributed by atoms with Gasteiger partial charge in [0.1, 0.15) is 6.29 Å². The molecular formula is C8H16N2O. The van der Waals surface area contributed by atoms with Crippen molar-refractivity contribution in [3.05, 3.63) is 12.3 Å². The Bertz CT molecular complexity index is 123. The van der Waals surface area contributed by atoms with Gasteiger partial charge < -0.3 is 15.4 Å². The number of hydrogen-bond acceptors (Lipinski definition) is 3. The van der Waals surface area contributed by atoms with Crippen molar-refractivity contribution in [1.29, 1.82) is 0 Å². The van der Waals surface area contributed by atoms with E-state index in [9.17, 15) is 4.79 Å². The summed E-state index contributed by atoms with van der Waals surface area (Å²) in [7, 11) is 0. The summed E-state index contributed by atoms with van der Waals surface area (Å²) >= 11 is 0. The van der Waals surface area contributed by atoms with Gasteiger partial charge in [-0.3, -0.25) is 0 Å². The van der Waals surface area contributed by atoms with Gasteiger partial charge in [-0.05, 0) is 13.0 Å². The molecule has 0 spiro atoms. The first-order chi connectivity index (χ1) is 5.31. The Morgan fingerprint density at radius 2 is 2.36 bits per heavy atom. The number of rotatable bonds is 7. The van der Waals surface area contributed by atoms with Gasteiger partial charge in [0.15, 0.2) is 0 Å². The highest BCUT2D eigenvalue weighted by Gasteiger charge is 1.89. The molecule has 64 valence electrons. The third kappa shape index (κ3) is 7.06. The van der Waals surface area contributed by atoms with Crippen LogP contribution >= 0.6 is 0 Å². The van der Waals surface area contributed by atoms with Gasteiger partial charge in [-0.15, -0.1) is 0 Å². The third-order valence-corrected chi connectivity index (χ3v) is 1.20. The van der Waals surface area contributed by atoms with Crippen molar-refractivity contribution < 1.29 is 4.79 Å². The normalized spacial score (nSPS) is 9.18. The average molecular weight is 156 g/mol. The molecule has 0 fully saturated rings. The fourth-order valence-electron chi connectivity index (χ4n) is 0.665. The van der Waals surface area contributed by atoms with Crippen LogP contribution < -0.4 is 10.6 Å². The maximum atomic E-state index is 9.92. The molecule has 0 unspecified atom stereocenters. The highest BCUT2D eigenvalue weighted by Crippen LogP contribution is 1.79. The molecule has 0 heterocycles. The molecule has 3 nitrogen and oxygen atoms in total. The maximum absolute atomic E-state index is 9.92. The Hall–Kier alpha value is -0.830. The molecule has 11 heavy (non-hydrogen) atoms. The van der Waals surface area contributed by atoms with E-state index in [1.165, 1.54) is 0 Å². The van der Waals surface area contributed by atoms with Crippen molar-refractivity contribution in [2.45, 2.75) is 13.3 Å². The van der Waals surface area contributed by atoms with Crippen LogP contribution in [0.3, 0.4) is 0 Å². The largest absolute Gasteiger partial charge is 0.381 e. The Morgan fingerprint density at radius 1 is 1.64 bits per heavy atom. The minimum Gasteiger partial charge on any atom is -0.381 e. The molecular weight excluding hydrogens is 140 g/mol. The molecule has 0 saturated carbocycles. The van der Waals surface area contributed by atoms with Crippen molar-refractivity contribution in [1.82, 2.24) is 10.6 Å². The van der Waals surface area contributed by atoms with Gasteiger partial charge in [0.25, 0.3) is 0 Å². The van der Waals surface area contributed by atoms with Crippen molar-refractivity contribution >= 4 is 6.29 Å². The van der Waals surface area contributed by atoms with Crippen molar-refractivity contribution in [3.8, 4) is 0 Å². The van der Waals surface area contributed by atoms with Crippen LogP contribution in [-0.4, -0.2) is 25.9 Å². The second-order valence-corrected chi connectivity index (χ2v) is 2.33. The van der Waals surface area contributed by atoms with Gasteiger partial charge in [0.05, 0.1) is 6.54 Å². The summed E-state index contributed by atoms with van der Waals surface area (Å²) in [5, 5.41) is 6.03. The van der Waals surface area contributed by atoms with E-state index >= 15 is 0 Å². The van der Waals surface area contributed by atoms with Crippen LogP contribution in [0.15, 0.2) is 12.3 Å². The van der Waals surface area contributed by atoms with Gasteiger partial charge >= 0.3 is 0 Å². The number of carbonyl (C=O) groups excluding carboxylic acids is 1. The van der Waals surface area contributed by atoms with E-state index in [2.05, 4.69) is 24.1 Å². The first-order valence-electron chi connectivity index (χ1n) is 3.87. The lowest BCUT2D eigenvalue weighted by Gasteiger charge is -2.06. The van der Waals surface area contributed by atoms with E-state index in [1.54, 1.807) is 0 Å². The van der Waals surface area contributed by atoms with Crippen LogP contribution in [0.25, 0.3) is 0 Å². The molecule has 0 aromatic rings. The molecule has 0 amide bonds. The van der Waals surface area contributed by atoms with E-state index < -0.39 is 0 Å². The van der Waals surface area contributed by atoms with Crippen LogP contribution in [0.1, 0.15) is 13.3 Å². The SMILES string of the molecule is C=C(CNCCC)NCC=O. The van der Waals surface area contributed by atoms with E-state index in [4.69, 9.17) is 0 Å². The fraction of sp³-hybridized carbons (Fsp3) is 0.625. The Morgan fingerprint density at radius 3 is 2.91 bits per heavy atom. The lowest BCUT2D eigenvalue weighted by Crippen LogP contribution is -2.26. The molecule has 0 aromatic carbocycles. The summed E-state index contributed by atoms with van der Waals surface area (Å²) in [4.78, 5) is 9.92. The molecule has 0 saturated heterocycles. The van der Waals surface area contributed by atoms with E-state index in [1.807, 2.05) is 0 Å². The third-order valence-electron chi connectivity index (χ3n) is 1.20. The molecule has 0 rings (SSSR count). The summed E-state index contributed by atoms with van der Waals surface area (Å²) in [5.41, 5.74) is 0.866. The Kier molecular flexibility index (Phi) is 6.73. The number of carbonyl (C=O) groups is 1. The number of aldehydes is 1. The van der Waals surface area contributed by atoms with Gasteiger partial charge in [-0.25, -0.2) is 0 Å². The minimum atomic E-state index is 0.354. The monoisotopic (exact) mass is 156 g/mol. The quantitative estimate of drug-likeness (QED) is 0.411. The molecule has 0 aliphatic carbocycles. The predicted molar refractivity (Wildman–Crippen MR) is 46.4 cm³/mol. The fourth-order valence-corrected chi connectivity index (χ4v) is 0.665. The first kappa shape index (κ1) is 10.2. The smallest absolute Gasteiger partial charge is 0.139 e. The summed E-state index contributed by atoms with van der Waals surface area (Å²) in [6.07, 6.45) is 1.94. The van der Waals surface area contributed by atoms with Crippen LogP contribution in [0.2, 0.25) is 0 Å². The van der Waals surface area contributed by atoms with Crippen LogP contribution in [-0.2, 0) is 4.79 Å². The van der Waals surface area contributed by atoms with Crippen LogP contribution in [0.4, 0.5) is 0 Å². The highest BCUT2D eigenvalue weighted by molar-refractivity contribution is 5.52. The predicted octanol–water partition coefficient (Wildman–Crippen LogP) is 0.288. The number of nitrogens with one attached hydrogen (secondary N) is 2. The van der Waals surface area contributed by atoms with Crippen LogP contribution in [0, 0.1) is 0 Å². The molecule has 0 aliphatic rings. The summed E-state index contributed by atoms with van der Waals surface area (Å²) in [5.74, 6) is 0. The topological polar surface area (TPSA) is 41.1 Å². The zero-order chi connectivity index (χ0) is 8.53. The lowest BCUT2D eigenvalue weighted by molar-refractivity contribution is -0.107. The highest BCUT2D eigenvalue weighted by atomic mass is 16.1. The minimum absolute atomic E-state index is 0.354. The van der Waals surface area contributed by atoms with Gasteiger partial charge in [0.2, 0.25) is 0 Å². The molecule has 0 bridgehead atoms. The van der Waals surface area contributed by atoms with E-state index in [0.717, 1.165) is 31.5 Å². The number of hydrogen-bond donors (Lipinski definition) is 2. The van der Waals surface area contributed by atoms with Crippen molar-refractivity contribution in [2.75, 3.05) is 19.6 Å². The zero-order valence-electron chi connectivity index (χ0n) is 7.02. The Balaban J connectivity index is 3.15. The molecule has 0 radical (unpaired) electrons. The average Bonchev–Trinajstić information content (AvgIpc) is 2.01. The standard InChI is InChI=1S/C8H16N2O/c1-3-4-9-7-8(2)10-5-6-11/h6,9-10H,2-5,7H2,1H3. The zero-order valence-corrected chi connectivity index (χ0v) is 7.02. The summed E-state index contributed by atoms with van der Waals surface area (Å²) in [6.45, 7) is 7.92. The van der Waals surface area contributed by atoms with Gasteiger partial charge in [-0.2, -0.15) is 0 Å².